The van der Waals surface area contributed by atoms with E-state index >= 15 is 0 Å². The highest BCUT2D eigenvalue weighted by atomic mass is 16.3. The molecule has 108 valence electrons. The average Bonchev–Trinajstić information content (AvgIpc) is 2.46. The Bertz CT molecular complexity index is 607. The first kappa shape index (κ1) is 14.8. The maximum absolute atomic E-state index is 11.3. The second kappa shape index (κ2) is 7.22. The summed E-state index contributed by atoms with van der Waals surface area (Å²) in [6, 6.07) is 8.87. The molecule has 20 heavy (non-hydrogen) atoms. The van der Waals surface area contributed by atoms with Crippen LogP contribution < -0.4 is 10.9 Å². The van der Waals surface area contributed by atoms with Gasteiger partial charge in [0.25, 0.3) is 0 Å². The van der Waals surface area contributed by atoms with Gasteiger partial charge in [0.2, 0.25) is 5.56 Å². The van der Waals surface area contributed by atoms with E-state index in [1.54, 1.807) is 6.07 Å². The highest BCUT2D eigenvalue weighted by molar-refractivity contribution is 5.82. The van der Waals surface area contributed by atoms with Crippen molar-refractivity contribution >= 4 is 10.9 Å². The van der Waals surface area contributed by atoms with Gasteiger partial charge >= 0.3 is 0 Å². The van der Waals surface area contributed by atoms with E-state index < -0.39 is 6.10 Å². The number of hydrogen-bond donors (Lipinski definition) is 3. The molecule has 0 aliphatic carbocycles. The monoisotopic (exact) mass is 274 g/mol. The van der Waals surface area contributed by atoms with E-state index in [1.165, 1.54) is 18.9 Å². The number of pyridine rings is 1. The Morgan fingerprint density at radius 1 is 1.25 bits per heavy atom. The molecule has 1 aromatic carbocycles. The lowest BCUT2D eigenvalue weighted by Crippen LogP contribution is -2.22. The van der Waals surface area contributed by atoms with Gasteiger partial charge in [-0.2, -0.15) is 0 Å². The third kappa shape index (κ3) is 3.68. The van der Waals surface area contributed by atoms with Crippen LogP contribution in [0.15, 0.2) is 35.1 Å². The van der Waals surface area contributed by atoms with E-state index in [4.69, 9.17) is 0 Å². The lowest BCUT2D eigenvalue weighted by Gasteiger charge is -2.14. The van der Waals surface area contributed by atoms with Crippen molar-refractivity contribution in [2.75, 3.05) is 13.1 Å². The lowest BCUT2D eigenvalue weighted by molar-refractivity contribution is 0.176. The largest absolute Gasteiger partial charge is 0.387 e. The first-order chi connectivity index (χ1) is 9.72. The first-order valence-corrected chi connectivity index (χ1v) is 7.23. The minimum Gasteiger partial charge on any atom is -0.387 e. The Hall–Kier alpha value is -1.65. The number of rotatable bonds is 7. The van der Waals surface area contributed by atoms with Crippen molar-refractivity contribution < 1.29 is 5.11 Å². The van der Waals surface area contributed by atoms with Crippen molar-refractivity contribution in [3.63, 3.8) is 0 Å². The van der Waals surface area contributed by atoms with E-state index in [9.17, 15) is 9.90 Å². The molecule has 0 aliphatic heterocycles. The Labute approximate surface area is 118 Å². The molecule has 0 fully saturated rings. The zero-order valence-electron chi connectivity index (χ0n) is 11.9. The standard InChI is InChI=1S/C16H22N2O2/c1-2-3-4-10-17-11-15(19)13-6-5-7-14-12(13)8-9-16(20)18-14/h5-9,15,17,19H,2-4,10-11H2,1H3,(H,18,20). The third-order valence-corrected chi connectivity index (χ3v) is 3.45. The summed E-state index contributed by atoms with van der Waals surface area (Å²) in [6.45, 7) is 3.63. The molecule has 1 unspecified atom stereocenters. The zero-order valence-corrected chi connectivity index (χ0v) is 11.9. The van der Waals surface area contributed by atoms with E-state index in [0.29, 0.717) is 6.54 Å². The number of H-pyrrole nitrogens is 1. The molecule has 1 heterocycles. The Morgan fingerprint density at radius 3 is 2.90 bits per heavy atom. The van der Waals surface area contributed by atoms with E-state index in [0.717, 1.165) is 29.4 Å². The van der Waals surface area contributed by atoms with Crippen LogP contribution in [0.25, 0.3) is 10.9 Å². The van der Waals surface area contributed by atoms with Gasteiger partial charge in [-0.05, 0) is 30.7 Å². The smallest absolute Gasteiger partial charge is 0.248 e. The van der Waals surface area contributed by atoms with Crippen LogP contribution >= 0.6 is 0 Å². The van der Waals surface area contributed by atoms with Crippen molar-refractivity contribution in [3.05, 3.63) is 46.2 Å². The molecule has 0 saturated heterocycles. The van der Waals surface area contributed by atoms with Crippen LogP contribution in [0, 0.1) is 0 Å². The summed E-state index contributed by atoms with van der Waals surface area (Å²) in [5, 5.41) is 14.5. The van der Waals surface area contributed by atoms with E-state index in [-0.39, 0.29) is 5.56 Å². The molecule has 0 bridgehead atoms. The Balaban J connectivity index is 2.06. The molecule has 2 rings (SSSR count). The molecule has 0 saturated carbocycles. The quantitative estimate of drug-likeness (QED) is 0.679. The molecular formula is C16H22N2O2. The number of aromatic amines is 1. The van der Waals surface area contributed by atoms with Crippen LogP contribution in [0.3, 0.4) is 0 Å². The molecule has 1 aromatic heterocycles. The van der Waals surface area contributed by atoms with Gasteiger partial charge in [-0.25, -0.2) is 0 Å². The Kier molecular flexibility index (Phi) is 5.32. The third-order valence-electron chi connectivity index (χ3n) is 3.45. The molecule has 1 atom stereocenters. The predicted molar refractivity (Wildman–Crippen MR) is 81.9 cm³/mol. The van der Waals surface area contributed by atoms with Gasteiger partial charge in [0.15, 0.2) is 0 Å². The summed E-state index contributed by atoms with van der Waals surface area (Å²) >= 11 is 0. The van der Waals surface area contributed by atoms with Crippen molar-refractivity contribution in [1.29, 1.82) is 0 Å². The van der Waals surface area contributed by atoms with Crippen molar-refractivity contribution in [3.8, 4) is 0 Å². The zero-order chi connectivity index (χ0) is 14.4. The molecular weight excluding hydrogens is 252 g/mol. The number of aromatic nitrogens is 1. The van der Waals surface area contributed by atoms with Gasteiger partial charge in [0.05, 0.1) is 6.10 Å². The van der Waals surface area contributed by atoms with Gasteiger partial charge in [0, 0.05) is 23.5 Å². The van der Waals surface area contributed by atoms with E-state index in [2.05, 4.69) is 17.2 Å². The average molecular weight is 274 g/mol. The summed E-state index contributed by atoms with van der Waals surface area (Å²) in [7, 11) is 0. The minimum absolute atomic E-state index is 0.123. The topological polar surface area (TPSA) is 65.1 Å². The highest BCUT2D eigenvalue weighted by Gasteiger charge is 2.10. The molecule has 2 aromatic rings. The second-order valence-corrected chi connectivity index (χ2v) is 5.06. The van der Waals surface area contributed by atoms with Crippen LogP contribution in [-0.4, -0.2) is 23.2 Å². The maximum atomic E-state index is 11.3. The van der Waals surface area contributed by atoms with Gasteiger partial charge in [-0.15, -0.1) is 0 Å². The van der Waals surface area contributed by atoms with E-state index in [1.807, 2.05) is 18.2 Å². The van der Waals surface area contributed by atoms with Crippen LogP contribution in [0.5, 0.6) is 0 Å². The van der Waals surface area contributed by atoms with Gasteiger partial charge in [0.1, 0.15) is 0 Å². The fourth-order valence-corrected chi connectivity index (χ4v) is 2.35. The summed E-state index contributed by atoms with van der Waals surface area (Å²) < 4.78 is 0. The lowest BCUT2D eigenvalue weighted by atomic mass is 10.0. The highest BCUT2D eigenvalue weighted by Crippen LogP contribution is 2.21. The van der Waals surface area contributed by atoms with Crippen molar-refractivity contribution in [1.82, 2.24) is 10.3 Å². The molecule has 3 N–H and O–H groups in total. The summed E-state index contributed by atoms with van der Waals surface area (Å²) in [5.41, 5.74) is 1.49. The SMILES string of the molecule is CCCCCNCC(O)c1cccc2[nH]c(=O)ccc12. The van der Waals surface area contributed by atoms with Crippen LogP contribution in [-0.2, 0) is 0 Å². The van der Waals surface area contributed by atoms with Crippen molar-refractivity contribution in [2.24, 2.45) is 0 Å². The molecule has 4 heteroatoms. The van der Waals surface area contributed by atoms with Gasteiger partial charge < -0.3 is 15.4 Å². The fourth-order valence-electron chi connectivity index (χ4n) is 2.35. The predicted octanol–water partition coefficient (Wildman–Crippen LogP) is 2.34. The number of unbranched alkanes of at least 4 members (excludes halogenated alkanes) is 2. The van der Waals surface area contributed by atoms with Crippen molar-refractivity contribution in [2.45, 2.75) is 32.3 Å². The summed E-state index contributed by atoms with van der Waals surface area (Å²) in [4.78, 5) is 14.1. The van der Waals surface area contributed by atoms with Gasteiger partial charge in [-0.1, -0.05) is 31.9 Å². The van der Waals surface area contributed by atoms with Crippen LogP contribution in [0.4, 0.5) is 0 Å². The molecule has 4 nitrogen and oxygen atoms in total. The summed E-state index contributed by atoms with van der Waals surface area (Å²) in [6.07, 6.45) is 2.97. The number of aliphatic hydroxyl groups is 1. The number of aliphatic hydroxyl groups excluding tert-OH is 1. The summed E-state index contributed by atoms with van der Waals surface area (Å²) in [5.74, 6) is 0. The minimum atomic E-state index is -0.564. The number of fused-ring (bicyclic) bond motifs is 1. The van der Waals surface area contributed by atoms with Crippen LogP contribution in [0.2, 0.25) is 0 Å². The number of nitrogens with one attached hydrogen (secondary N) is 2. The number of benzene rings is 1. The number of hydrogen-bond acceptors (Lipinski definition) is 3. The molecule has 0 aliphatic rings. The fraction of sp³-hybridized carbons (Fsp3) is 0.438. The van der Waals surface area contributed by atoms with Gasteiger partial charge in [-0.3, -0.25) is 4.79 Å². The second-order valence-electron chi connectivity index (χ2n) is 5.06. The Morgan fingerprint density at radius 2 is 2.10 bits per heavy atom. The normalized spacial score (nSPS) is 12.7. The molecule has 0 spiro atoms. The molecule has 0 amide bonds. The van der Waals surface area contributed by atoms with Crippen LogP contribution in [0.1, 0.15) is 37.9 Å². The molecule has 0 radical (unpaired) electrons. The maximum Gasteiger partial charge on any atom is 0.248 e. The first-order valence-electron chi connectivity index (χ1n) is 7.23.